The molecule has 0 nitrogen and oxygen atoms in total. The zero-order chi connectivity index (χ0) is 9.84. The van der Waals surface area contributed by atoms with E-state index in [9.17, 15) is 0 Å². The van der Waals surface area contributed by atoms with E-state index < -0.39 is 0 Å². The van der Waals surface area contributed by atoms with E-state index in [1.54, 1.807) is 0 Å². The van der Waals surface area contributed by atoms with Crippen LogP contribution in [0.5, 0.6) is 0 Å². The Morgan fingerprint density at radius 2 is 2.15 bits per heavy atom. The van der Waals surface area contributed by atoms with Crippen molar-refractivity contribution < 1.29 is 0 Å². The summed E-state index contributed by atoms with van der Waals surface area (Å²) in [7, 11) is 0. The first-order valence-corrected chi connectivity index (χ1v) is 6.11. The number of alkyl halides is 1. The highest BCUT2D eigenvalue weighted by Gasteiger charge is 2.12. The van der Waals surface area contributed by atoms with Gasteiger partial charge in [-0.15, -0.1) is 22.9 Å². The van der Waals surface area contributed by atoms with Crippen LogP contribution in [0.4, 0.5) is 0 Å². The lowest BCUT2D eigenvalue weighted by molar-refractivity contribution is 0.705. The van der Waals surface area contributed by atoms with E-state index in [0.717, 1.165) is 6.42 Å². The van der Waals surface area contributed by atoms with Crippen molar-refractivity contribution >= 4 is 22.9 Å². The second kappa shape index (κ2) is 5.02. The van der Waals surface area contributed by atoms with Gasteiger partial charge in [0.15, 0.2) is 0 Å². The third-order valence-electron chi connectivity index (χ3n) is 2.17. The summed E-state index contributed by atoms with van der Waals surface area (Å²) >= 11 is 8.15. The van der Waals surface area contributed by atoms with E-state index in [2.05, 4.69) is 26.8 Å². The Labute approximate surface area is 89.9 Å². The van der Waals surface area contributed by atoms with Crippen LogP contribution in [0.1, 0.15) is 46.9 Å². The maximum atomic E-state index is 6.31. The van der Waals surface area contributed by atoms with Gasteiger partial charge in [-0.1, -0.05) is 19.8 Å². The van der Waals surface area contributed by atoms with Gasteiger partial charge in [0.2, 0.25) is 0 Å². The van der Waals surface area contributed by atoms with Crippen molar-refractivity contribution in [1.29, 1.82) is 0 Å². The van der Waals surface area contributed by atoms with Crippen molar-refractivity contribution in [2.75, 3.05) is 0 Å². The molecule has 0 bridgehead atoms. The summed E-state index contributed by atoms with van der Waals surface area (Å²) in [6, 6.07) is 2.22. The van der Waals surface area contributed by atoms with Gasteiger partial charge in [0.25, 0.3) is 0 Å². The summed E-state index contributed by atoms with van der Waals surface area (Å²) in [5, 5.41) is 0.235. The van der Waals surface area contributed by atoms with E-state index in [4.69, 9.17) is 11.6 Å². The highest BCUT2D eigenvalue weighted by molar-refractivity contribution is 7.12. The van der Waals surface area contributed by atoms with Crippen LogP contribution in [-0.4, -0.2) is 0 Å². The molecule has 1 rings (SSSR count). The topological polar surface area (TPSA) is 0 Å². The van der Waals surface area contributed by atoms with Gasteiger partial charge in [-0.25, -0.2) is 0 Å². The molecule has 1 aromatic rings. The van der Waals surface area contributed by atoms with E-state index in [0.29, 0.717) is 0 Å². The van der Waals surface area contributed by atoms with Crippen molar-refractivity contribution in [2.45, 2.75) is 45.4 Å². The molecule has 0 radical (unpaired) electrons. The molecule has 0 saturated heterocycles. The van der Waals surface area contributed by atoms with Crippen LogP contribution >= 0.6 is 22.9 Å². The summed E-state index contributed by atoms with van der Waals surface area (Å²) in [5.41, 5.74) is 1.36. The van der Waals surface area contributed by atoms with Crippen LogP contribution in [0.3, 0.4) is 0 Å². The fourth-order valence-electron chi connectivity index (χ4n) is 1.48. The van der Waals surface area contributed by atoms with Crippen LogP contribution in [0.2, 0.25) is 0 Å². The van der Waals surface area contributed by atoms with E-state index in [1.807, 2.05) is 11.3 Å². The van der Waals surface area contributed by atoms with Crippen LogP contribution in [0, 0.1) is 13.8 Å². The molecule has 1 atom stereocenters. The average molecular weight is 217 g/mol. The largest absolute Gasteiger partial charge is 0.144 e. The molecule has 0 N–H and O–H groups in total. The lowest BCUT2D eigenvalue weighted by atomic mass is 10.1. The molecule has 0 aromatic carbocycles. The van der Waals surface area contributed by atoms with E-state index >= 15 is 0 Å². The summed E-state index contributed by atoms with van der Waals surface area (Å²) in [6.07, 6.45) is 3.57. The smallest absolute Gasteiger partial charge is 0.0681 e. The maximum Gasteiger partial charge on any atom is 0.0681 e. The molecule has 1 aromatic heterocycles. The van der Waals surface area contributed by atoms with E-state index in [1.165, 1.54) is 28.2 Å². The molecule has 0 fully saturated rings. The predicted octanol–water partition coefficient (Wildman–Crippen LogP) is 4.84. The minimum Gasteiger partial charge on any atom is -0.144 e. The third-order valence-corrected chi connectivity index (χ3v) is 4.01. The molecular formula is C11H17ClS. The number of rotatable bonds is 4. The lowest BCUT2D eigenvalue weighted by Crippen LogP contribution is -1.88. The van der Waals surface area contributed by atoms with Gasteiger partial charge < -0.3 is 0 Å². The standard InChI is InChI=1S/C11H17ClS/c1-4-5-6-10(12)11-8(2)7-9(3)13-11/h7,10H,4-6H2,1-3H3. The minimum absolute atomic E-state index is 0.235. The summed E-state index contributed by atoms with van der Waals surface area (Å²) in [4.78, 5) is 2.74. The maximum absolute atomic E-state index is 6.31. The van der Waals surface area contributed by atoms with Crippen LogP contribution in [0.25, 0.3) is 0 Å². The van der Waals surface area contributed by atoms with Crippen LogP contribution in [0.15, 0.2) is 6.07 Å². The molecule has 0 aliphatic carbocycles. The summed E-state index contributed by atoms with van der Waals surface area (Å²) < 4.78 is 0. The quantitative estimate of drug-likeness (QED) is 0.633. The number of thiophene rings is 1. The van der Waals surface area contributed by atoms with Crippen molar-refractivity contribution in [3.63, 3.8) is 0 Å². The molecule has 0 aliphatic rings. The van der Waals surface area contributed by atoms with Gasteiger partial charge in [0.1, 0.15) is 0 Å². The molecule has 13 heavy (non-hydrogen) atoms. The number of aryl methyl sites for hydroxylation is 2. The fraction of sp³-hybridized carbons (Fsp3) is 0.636. The summed E-state index contributed by atoms with van der Waals surface area (Å²) in [6.45, 7) is 6.50. The van der Waals surface area contributed by atoms with Crippen LogP contribution < -0.4 is 0 Å². The molecule has 1 unspecified atom stereocenters. The Kier molecular flexibility index (Phi) is 4.27. The molecule has 0 saturated carbocycles. The normalized spacial score (nSPS) is 13.2. The number of hydrogen-bond donors (Lipinski definition) is 0. The Bertz CT molecular complexity index is 265. The Morgan fingerprint density at radius 3 is 2.62 bits per heavy atom. The highest BCUT2D eigenvalue weighted by Crippen LogP contribution is 2.34. The van der Waals surface area contributed by atoms with Crippen molar-refractivity contribution in [1.82, 2.24) is 0 Å². The molecule has 0 spiro atoms. The molecule has 2 heteroatoms. The van der Waals surface area contributed by atoms with Gasteiger partial charge in [-0.3, -0.25) is 0 Å². The lowest BCUT2D eigenvalue weighted by Gasteiger charge is -2.07. The van der Waals surface area contributed by atoms with Crippen molar-refractivity contribution in [2.24, 2.45) is 0 Å². The van der Waals surface area contributed by atoms with Crippen LogP contribution in [-0.2, 0) is 0 Å². The second-order valence-electron chi connectivity index (χ2n) is 3.51. The van der Waals surface area contributed by atoms with Gasteiger partial charge >= 0.3 is 0 Å². The minimum atomic E-state index is 0.235. The zero-order valence-corrected chi connectivity index (χ0v) is 10.1. The molecule has 0 aliphatic heterocycles. The van der Waals surface area contributed by atoms with Gasteiger partial charge in [0.05, 0.1) is 5.38 Å². The number of halogens is 1. The van der Waals surface area contributed by atoms with Crippen molar-refractivity contribution in [3.05, 3.63) is 21.4 Å². The fourth-order valence-corrected chi connectivity index (χ4v) is 2.99. The first kappa shape index (κ1) is 11.1. The molecule has 1 heterocycles. The van der Waals surface area contributed by atoms with E-state index in [-0.39, 0.29) is 5.38 Å². The second-order valence-corrected chi connectivity index (χ2v) is 5.33. The predicted molar refractivity (Wildman–Crippen MR) is 61.9 cm³/mol. The number of unbranched alkanes of at least 4 members (excludes halogenated alkanes) is 1. The highest BCUT2D eigenvalue weighted by atomic mass is 35.5. The van der Waals surface area contributed by atoms with Gasteiger partial charge in [0, 0.05) is 9.75 Å². The van der Waals surface area contributed by atoms with Crippen molar-refractivity contribution in [3.8, 4) is 0 Å². The number of hydrogen-bond acceptors (Lipinski definition) is 1. The monoisotopic (exact) mass is 216 g/mol. The molecule has 74 valence electrons. The zero-order valence-electron chi connectivity index (χ0n) is 8.56. The van der Waals surface area contributed by atoms with Gasteiger partial charge in [-0.2, -0.15) is 0 Å². The molecule has 0 amide bonds. The molecular weight excluding hydrogens is 200 g/mol. The Balaban J connectivity index is 2.64. The Morgan fingerprint density at radius 1 is 1.46 bits per heavy atom. The van der Waals surface area contributed by atoms with Gasteiger partial charge in [-0.05, 0) is 31.9 Å². The summed E-state index contributed by atoms with van der Waals surface area (Å²) in [5.74, 6) is 0. The first-order chi connectivity index (χ1) is 6.15. The Hall–Kier alpha value is -0.0100. The SMILES string of the molecule is CCCCC(Cl)c1sc(C)cc1C. The average Bonchev–Trinajstić information content (AvgIpc) is 2.41. The third kappa shape index (κ3) is 2.99. The first-order valence-electron chi connectivity index (χ1n) is 4.86.